The van der Waals surface area contributed by atoms with E-state index in [0.717, 1.165) is 21.2 Å². The molecule has 0 amide bonds. The highest BCUT2D eigenvalue weighted by Crippen LogP contribution is 2.36. The summed E-state index contributed by atoms with van der Waals surface area (Å²) in [5.41, 5.74) is 1.22. The van der Waals surface area contributed by atoms with Gasteiger partial charge in [-0.1, -0.05) is 12.1 Å². The van der Waals surface area contributed by atoms with Crippen LogP contribution in [-0.4, -0.2) is 24.7 Å². The number of hydrogen-bond acceptors (Lipinski definition) is 5. The van der Waals surface area contributed by atoms with Crippen molar-refractivity contribution in [2.45, 2.75) is 13.8 Å². The van der Waals surface area contributed by atoms with E-state index < -0.39 is 5.97 Å². The molecule has 1 aromatic carbocycles. The second-order valence-corrected chi connectivity index (χ2v) is 5.03. The third-order valence-electron chi connectivity index (χ3n) is 2.55. The summed E-state index contributed by atoms with van der Waals surface area (Å²) < 4.78 is 10.4. The van der Waals surface area contributed by atoms with E-state index in [1.54, 1.807) is 14.0 Å². The Balaban J connectivity index is 2.53. The van der Waals surface area contributed by atoms with E-state index in [9.17, 15) is 4.79 Å². The Morgan fingerprint density at radius 2 is 2.11 bits per heavy atom. The zero-order valence-corrected chi connectivity index (χ0v) is 11.9. The summed E-state index contributed by atoms with van der Waals surface area (Å²) >= 11 is 1.46. The maximum Gasteiger partial charge on any atom is 0.358 e. The fourth-order valence-electron chi connectivity index (χ4n) is 1.78. The van der Waals surface area contributed by atoms with Gasteiger partial charge in [0.1, 0.15) is 5.75 Å². The summed E-state index contributed by atoms with van der Waals surface area (Å²) in [6.07, 6.45) is 0. The Morgan fingerprint density at radius 3 is 2.79 bits per heavy atom. The molecule has 0 aliphatic rings. The second kappa shape index (κ2) is 5.84. The van der Waals surface area contributed by atoms with Crippen molar-refractivity contribution in [3.05, 3.63) is 35.0 Å². The molecule has 0 fully saturated rings. The van der Waals surface area contributed by atoms with Gasteiger partial charge in [0.05, 0.1) is 23.6 Å². The molecule has 4 nitrogen and oxygen atoms in total. The van der Waals surface area contributed by atoms with E-state index in [1.807, 2.05) is 31.2 Å². The van der Waals surface area contributed by atoms with Crippen LogP contribution in [0.5, 0.6) is 5.75 Å². The van der Waals surface area contributed by atoms with Gasteiger partial charge in [0, 0.05) is 5.56 Å². The number of aromatic nitrogens is 1. The number of benzene rings is 1. The van der Waals surface area contributed by atoms with Crippen LogP contribution in [-0.2, 0) is 4.74 Å². The lowest BCUT2D eigenvalue weighted by molar-refractivity contribution is 0.0521. The number of carbonyl (C=O) groups excluding carboxylic acids is 1. The van der Waals surface area contributed by atoms with E-state index >= 15 is 0 Å². The average molecular weight is 277 g/mol. The highest BCUT2D eigenvalue weighted by Gasteiger charge is 2.21. The topological polar surface area (TPSA) is 48.4 Å². The minimum atomic E-state index is -0.396. The van der Waals surface area contributed by atoms with Crippen LogP contribution < -0.4 is 4.74 Å². The molecule has 0 bridgehead atoms. The van der Waals surface area contributed by atoms with Crippen molar-refractivity contribution in [1.82, 2.24) is 4.98 Å². The molecule has 1 heterocycles. The first-order chi connectivity index (χ1) is 9.17. The molecule has 1 aromatic heterocycles. The number of hydrogen-bond donors (Lipinski definition) is 0. The first-order valence-electron chi connectivity index (χ1n) is 5.95. The Bertz CT molecular complexity index is 592. The van der Waals surface area contributed by atoms with Gasteiger partial charge in [-0.05, 0) is 26.0 Å². The van der Waals surface area contributed by atoms with E-state index in [1.165, 1.54) is 11.3 Å². The fraction of sp³-hybridized carbons (Fsp3) is 0.286. The first kappa shape index (κ1) is 13.5. The molecule has 0 saturated heterocycles. The van der Waals surface area contributed by atoms with Gasteiger partial charge in [-0.2, -0.15) is 0 Å². The molecule has 5 heteroatoms. The van der Waals surface area contributed by atoms with Crippen LogP contribution in [0.1, 0.15) is 22.4 Å². The Kier molecular flexibility index (Phi) is 4.16. The first-order valence-corrected chi connectivity index (χ1v) is 6.77. The highest BCUT2D eigenvalue weighted by atomic mass is 32.1. The van der Waals surface area contributed by atoms with Crippen LogP contribution in [0.2, 0.25) is 0 Å². The lowest BCUT2D eigenvalue weighted by Gasteiger charge is -2.07. The third kappa shape index (κ3) is 2.76. The van der Waals surface area contributed by atoms with Crippen LogP contribution >= 0.6 is 11.3 Å². The van der Waals surface area contributed by atoms with Crippen LogP contribution in [0.4, 0.5) is 0 Å². The predicted octanol–water partition coefficient (Wildman–Crippen LogP) is 3.30. The third-order valence-corrected chi connectivity index (χ3v) is 3.56. The number of ether oxygens (including phenoxy) is 2. The smallest absolute Gasteiger partial charge is 0.358 e. The summed E-state index contributed by atoms with van der Waals surface area (Å²) in [6.45, 7) is 3.98. The normalized spacial score (nSPS) is 10.3. The van der Waals surface area contributed by atoms with Gasteiger partial charge in [-0.3, -0.25) is 0 Å². The van der Waals surface area contributed by atoms with Crippen molar-refractivity contribution in [2.24, 2.45) is 0 Å². The molecule has 2 rings (SSSR count). The Labute approximate surface area is 116 Å². The van der Waals surface area contributed by atoms with Crippen molar-refractivity contribution in [2.75, 3.05) is 13.7 Å². The number of methoxy groups -OCH3 is 1. The molecule has 0 saturated carbocycles. The zero-order valence-electron chi connectivity index (χ0n) is 11.1. The number of rotatable bonds is 4. The highest BCUT2D eigenvalue weighted by molar-refractivity contribution is 7.15. The monoisotopic (exact) mass is 277 g/mol. The quantitative estimate of drug-likeness (QED) is 0.804. The maximum absolute atomic E-state index is 11.9. The molecule has 100 valence electrons. The summed E-state index contributed by atoms with van der Waals surface area (Å²) in [5, 5.41) is 0.823. The SMILES string of the molecule is CCOC(=O)c1nc(C)sc1-c1ccccc1OC. The molecule has 0 aliphatic carbocycles. The van der Waals surface area contributed by atoms with Gasteiger partial charge in [-0.25, -0.2) is 9.78 Å². The minimum absolute atomic E-state index is 0.334. The maximum atomic E-state index is 11.9. The number of aryl methyl sites for hydroxylation is 1. The van der Waals surface area contributed by atoms with Gasteiger partial charge >= 0.3 is 5.97 Å². The molecule has 0 unspecified atom stereocenters. The van der Waals surface area contributed by atoms with Crippen LogP contribution in [0.15, 0.2) is 24.3 Å². The van der Waals surface area contributed by atoms with Gasteiger partial charge in [0.2, 0.25) is 0 Å². The molecule has 0 spiro atoms. The molecule has 19 heavy (non-hydrogen) atoms. The summed E-state index contributed by atoms with van der Waals surface area (Å²) in [5.74, 6) is 0.324. The number of para-hydroxylation sites is 1. The van der Waals surface area contributed by atoms with Crippen LogP contribution in [0.25, 0.3) is 10.4 Å². The fourth-order valence-corrected chi connectivity index (χ4v) is 2.72. The molecule has 0 N–H and O–H groups in total. The van der Waals surface area contributed by atoms with Crippen molar-refractivity contribution < 1.29 is 14.3 Å². The molecular formula is C14H15NO3S. The molecule has 0 atom stereocenters. The number of esters is 1. The number of carbonyl (C=O) groups is 1. The molecule has 0 radical (unpaired) electrons. The summed E-state index contributed by atoms with van der Waals surface area (Å²) in [6, 6.07) is 7.57. The summed E-state index contributed by atoms with van der Waals surface area (Å²) in [4.78, 5) is 17.0. The average Bonchev–Trinajstić information content (AvgIpc) is 2.81. The second-order valence-electron chi connectivity index (χ2n) is 3.83. The lowest BCUT2D eigenvalue weighted by Crippen LogP contribution is -2.06. The molecular weight excluding hydrogens is 262 g/mol. The molecule has 0 aliphatic heterocycles. The van der Waals surface area contributed by atoms with E-state index in [4.69, 9.17) is 9.47 Å². The van der Waals surface area contributed by atoms with Crippen molar-refractivity contribution in [3.63, 3.8) is 0 Å². The van der Waals surface area contributed by atoms with Gasteiger partial charge in [0.25, 0.3) is 0 Å². The van der Waals surface area contributed by atoms with E-state index in [-0.39, 0.29) is 0 Å². The van der Waals surface area contributed by atoms with Crippen LogP contribution in [0, 0.1) is 6.92 Å². The van der Waals surface area contributed by atoms with Crippen molar-refractivity contribution in [3.8, 4) is 16.2 Å². The summed E-state index contributed by atoms with van der Waals surface area (Å²) in [7, 11) is 1.61. The standard InChI is InChI=1S/C14H15NO3S/c1-4-18-14(16)12-13(19-9(2)15-12)10-7-5-6-8-11(10)17-3/h5-8H,4H2,1-3H3. The van der Waals surface area contributed by atoms with Gasteiger partial charge in [0.15, 0.2) is 5.69 Å². The Hall–Kier alpha value is -1.88. The van der Waals surface area contributed by atoms with Gasteiger partial charge in [-0.15, -0.1) is 11.3 Å². The van der Waals surface area contributed by atoms with Gasteiger partial charge < -0.3 is 9.47 Å². The minimum Gasteiger partial charge on any atom is -0.496 e. The lowest BCUT2D eigenvalue weighted by atomic mass is 10.1. The Morgan fingerprint density at radius 1 is 1.37 bits per heavy atom. The predicted molar refractivity (Wildman–Crippen MR) is 74.8 cm³/mol. The number of nitrogens with zero attached hydrogens (tertiary/aromatic N) is 1. The van der Waals surface area contributed by atoms with Crippen molar-refractivity contribution >= 4 is 17.3 Å². The largest absolute Gasteiger partial charge is 0.496 e. The zero-order chi connectivity index (χ0) is 13.8. The van der Waals surface area contributed by atoms with E-state index in [2.05, 4.69) is 4.98 Å². The van der Waals surface area contributed by atoms with Crippen LogP contribution in [0.3, 0.4) is 0 Å². The van der Waals surface area contributed by atoms with Crippen molar-refractivity contribution in [1.29, 1.82) is 0 Å². The molecule has 2 aromatic rings. The number of thiazole rings is 1. The van der Waals surface area contributed by atoms with E-state index in [0.29, 0.717) is 12.3 Å².